The predicted octanol–water partition coefficient (Wildman–Crippen LogP) is 1.69. The fraction of sp³-hybridized carbons (Fsp3) is 0.400. The Morgan fingerprint density at radius 3 is 2.35 bits per heavy atom. The zero-order valence-corrected chi connectivity index (χ0v) is 15.3. The van der Waals surface area contributed by atoms with E-state index in [1.807, 2.05) is 17.8 Å². The van der Waals surface area contributed by atoms with Gasteiger partial charge in [-0.15, -0.1) is 0 Å². The highest BCUT2D eigenvalue weighted by Crippen LogP contribution is 2.20. The lowest BCUT2D eigenvalue weighted by atomic mass is 10.3. The molecule has 0 aliphatic carbocycles. The van der Waals surface area contributed by atoms with E-state index in [0.717, 1.165) is 16.8 Å². The van der Waals surface area contributed by atoms with Crippen molar-refractivity contribution in [1.82, 2.24) is 18.8 Å². The summed E-state index contributed by atoms with van der Waals surface area (Å²) in [5.41, 5.74) is 0. The van der Waals surface area contributed by atoms with Crippen LogP contribution in [0.4, 0.5) is 0 Å². The van der Waals surface area contributed by atoms with Crippen molar-refractivity contribution < 1.29 is 8.42 Å². The molecule has 1 aromatic heterocycles. The summed E-state index contributed by atoms with van der Waals surface area (Å²) >= 11 is 3.33. The Morgan fingerprint density at radius 2 is 1.78 bits per heavy atom. The molecule has 2 aromatic rings. The maximum atomic E-state index is 12.7. The predicted molar refractivity (Wildman–Crippen MR) is 91.4 cm³/mol. The fourth-order valence-corrected chi connectivity index (χ4v) is 4.32. The lowest BCUT2D eigenvalue weighted by Gasteiger charge is -2.33. The van der Waals surface area contributed by atoms with Gasteiger partial charge in [0.05, 0.1) is 11.4 Å². The number of aryl methyl sites for hydroxylation is 1. The molecule has 8 heteroatoms. The average molecular weight is 399 g/mol. The van der Waals surface area contributed by atoms with Crippen LogP contribution in [-0.2, 0) is 23.6 Å². The number of hydrogen-bond acceptors (Lipinski definition) is 4. The van der Waals surface area contributed by atoms with E-state index in [9.17, 15) is 8.42 Å². The van der Waals surface area contributed by atoms with Gasteiger partial charge in [0, 0.05) is 50.1 Å². The van der Waals surface area contributed by atoms with Gasteiger partial charge in [0.15, 0.2) is 0 Å². The van der Waals surface area contributed by atoms with Gasteiger partial charge in [-0.1, -0.05) is 15.9 Å². The topological polar surface area (TPSA) is 58.4 Å². The largest absolute Gasteiger partial charge is 0.337 e. The third-order valence-electron chi connectivity index (χ3n) is 4.07. The summed E-state index contributed by atoms with van der Waals surface area (Å²) in [6.45, 7) is 3.17. The van der Waals surface area contributed by atoms with Crippen molar-refractivity contribution in [2.24, 2.45) is 7.05 Å². The lowest BCUT2D eigenvalue weighted by Crippen LogP contribution is -2.48. The molecule has 2 heterocycles. The molecule has 1 aliphatic heterocycles. The number of rotatable bonds is 4. The molecule has 1 fully saturated rings. The Labute approximate surface area is 144 Å². The quantitative estimate of drug-likeness (QED) is 0.785. The lowest BCUT2D eigenvalue weighted by molar-refractivity contribution is 0.177. The second kappa shape index (κ2) is 6.72. The van der Waals surface area contributed by atoms with Gasteiger partial charge < -0.3 is 4.57 Å². The first-order chi connectivity index (χ1) is 11.0. The Balaban J connectivity index is 1.64. The molecule has 0 amide bonds. The Hall–Kier alpha value is -1.22. The van der Waals surface area contributed by atoms with E-state index >= 15 is 0 Å². The van der Waals surface area contributed by atoms with E-state index in [-0.39, 0.29) is 0 Å². The first-order valence-corrected chi connectivity index (χ1v) is 9.64. The van der Waals surface area contributed by atoms with Gasteiger partial charge in [-0.25, -0.2) is 13.4 Å². The van der Waals surface area contributed by atoms with Crippen LogP contribution in [0.2, 0.25) is 0 Å². The van der Waals surface area contributed by atoms with Crippen molar-refractivity contribution in [1.29, 1.82) is 0 Å². The van der Waals surface area contributed by atoms with Gasteiger partial charge in [-0.3, -0.25) is 4.90 Å². The molecule has 0 bridgehead atoms. The minimum Gasteiger partial charge on any atom is -0.337 e. The number of aromatic nitrogens is 2. The molecule has 0 radical (unpaired) electrons. The average Bonchev–Trinajstić information content (AvgIpc) is 2.93. The summed E-state index contributed by atoms with van der Waals surface area (Å²) in [5.74, 6) is 0.995. The van der Waals surface area contributed by atoms with Crippen LogP contribution in [0.25, 0.3) is 0 Å². The van der Waals surface area contributed by atoms with Crippen molar-refractivity contribution in [3.8, 4) is 0 Å². The maximum absolute atomic E-state index is 12.7. The molecule has 0 N–H and O–H groups in total. The highest BCUT2D eigenvalue weighted by molar-refractivity contribution is 9.10. The van der Waals surface area contributed by atoms with E-state index in [4.69, 9.17) is 0 Å². The molecule has 23 heavy (non-hydrogen) atoms. The molecule has 0 saturated carbocycles. The fourth-order valence-electron chi connectivity index (χ4n) is 2.63. The number of nitrogens with zero attached hydrogens (tertiary/aromatic N) is 4. The van der Waals surface area contributed by atoms with Crippen molar-refractivity contribution in [2.75, 3.05) is 26.2 Å². The van der Waals surface area contributed by atoms with E-state index in [0.29, 0.717) is 31.1 Å². The van der Waals surface area contributed by atoms with Crippen LogP contribution in [0, 0.1) is 0 Å². The second-order valence-electron chi connectivity index (χ2n) is 5.59. The number of imidazole rings is 1. The smallest absolute Gasteiger partial charge is 0.243 e. The number of sulfonamides is 1. The zero-order valence-electron chi connectivity index (χ0n) is 12.9. The van der Waals surface area contributed by atoms with Crippen LogP contribution in [0.1, 0.15) is 5.82 Å². The van der Waals surface area contributed by atoms with E-state index in [2.05, 4.69) is 25.8 Å². The molecule has 3 rings (SSSR count). The number of hydrogen-bond donors (Lipinski definition) is 0. The van der Waals surface area contributed by atoms with Crippen LogP contribution in [-0.4, -0.2) is 53.4 Å². The van der Waals surface area contributed by atoms with E-state index < -0.39 is 10.0 Å². The van der Waals surface area contributed by atoms with Crippen LogP contribution < -0.4 is 0 Å². The molecule has 0 atom stereocenters. The Bertz CT molecular complexity index is 765. The highest BCUT2D eigenvalue weighted by atomic mass is 79.9. The van der Waals surface area contributed by atoms with Gasteiger partial charge in [-0.2, -0.15) is 4.31 Å². The number of piperazine rings is 1. The first-order valence-electron chi connectivity index (χ1n) is 7.41. The molecular weight excluding hydrogens is 380 g/mol. The van der Waals surface area contributed by atoms with Crippen LogP contribution in [0.5, 0.6) is 0 Å². The third-order valence-corrected chi connectivity index (χ3v) is 6.51. The summed E-state index contributed by atoms with van der Waals surface area (Å²) in [5, 5.41) is 0. The zero-order chi connectivity index (χ0) is 16.4. The number of halogens is 1. The van der Waals surface area contributed by atoms with Crippen molar-refractivity contribution in [3.63, 3.8) is 0 Å². The molecule has 124 valence electrons. The van der Waals surface area contributed by atoms with Crippen molar-refractivity contribution >= 4 is 26.0 Å². The summed E-state index contributed by atoms with van der Waals surface area (Å²) in [6, 6.07) is 6.79. The van der Waals surface area contributed by atoms with Crippen LogP contribution in [0.3, 0.4) is 0 Å². The SMILES string of the molecule is Cn1ccnc1CN1CCN(S(=O)(=O)c2ccc(Br)cc2)CC1. The molecule has 0 spiro atoms. The second-order valence-corrected chi connectivity index (χ2v) is 8.44. The van der Waals surface area contributed by atoms with E-state index in [1.54, 1.807) is 34.8 Å². The molecule has 6 nitrogen and oxygen atoms in total. The first kappa shape index (κ1) is 16.6. The molecular formula is C15H19BrN4O2S. The van der Waals surface area contributed by atoms with Gasteiger partial charge >= 0.3 is 0 Å². The normalized spacial score (nSPS) is 17.5. The minimum atomic E-state index is -3.41. The molecule has 1 aliphatic rings. The molecule has 1 saturated heterocycles. The van der Waals surface area contributed by atoms with Crippen molar-refractivity contribution in [3.05, 3.63) is 47.0 Å². The molecule has 1 aromatic carbocycles. The number of benzene rings is 1. The monoisotopic (exact) mass is 398 g/mol. The summed E-state index contributed by atoms with van der Waals surface area (Å²) in [7, 11) is -1.44. The van der Waals surface area contributed by atoms with Crippen molar-refractivity contribution in [2.45, 2.75) is 11.4 Å². The Kier molecular flexibility index (Phi) is 4.86. The summed E-state index contributed by atoms with van der Waals surface area (Å²) in [4.78, 5) is 6.90. The van der Waals surface area contributed by atoms with Gasteiger partial charge in [0.2, 0.25) is 10.0 Å². The van der Waals surface area contributed by atoms with Crippen LogP contribution >= 0.6 is 15.9 Å². The minimum absolute atomic E-state index is 0.346. The standard InChI is InChI=1S/C15H19BrN4O2S/c1-18-7-6-17-15(18)12-19-8-10-20(11-9-19)23(21,22)14-4-2-13(16)3-5-14/h2-7H,8-12H2,1H3. The third kappa shape index (κ3) is 3.65. The maximum Gasteiger partial charge on any atom is 0.243 e. The summed E-state index contributed by atoms with van der Waals surface area (Å²) < 4.78 is 29.7. The Morgan fingerprint density at radius 1 is 1.13 bits per heavy atom. The van der Waals surface area contributed by atoms with Gasteiger partial charge in [0.1, 0.15) is 5.82 Å². The summed E-state index contributed by atoms with van der Waals surface area (Å²) in [6.07, 6.45) is 3.70. The van der Waals surface area contributed by atoms with E-state index in [1.165, 1.54) is 0 Å². The van der Waals surface area contributed by atoms with Gasteiger partial charge in [0.25, 0.3) is 0 Å². The van der Waals surface area contributed by atoms with Gasteiger partial charge in [-0.05, 0) is 24.3 Å². The van der Waals surface area contributed by atoms with Crippen LogP contribution in [0.15, 0.2) is 46.0 Å². The highest BCUT2D eigenvalue weighted by Gasteiger charge is 2.28. The molecule has 0 unspecified atom stereocenters.